The molecule has 0 aliphatic carbocycles. The second-order valence-corrected chi connectivity index (χ2v) is 1.92. The second kappa shape index (κ2) is 1.80. The summed E-state index contributed by atoms with van der Waals surface area (Å²) in [6.45, 7) is -2.11. The van der Waals surface area contributed by atoms with E-state index in [0.29, 0.717) is 5.75 Å². The Kier molecular flexibility index (Phi) is 0.667. The van der Waals surface area contributed by atoms with Gasteiger partial charge in [0.1, 0.15) is 8.49 Å². The molecule has 3 nitrogen and oxygen atoms in total. The predicted octanol–water partition coefficient (Wildman–Crippen LogP) is 1.12. The maximum absolute atomic E-state index is 9.01. The highest BCUT2D eigenvalue weighted by Gasteiger charge is 2.12. The molecule has 0 unspecified atom stereocenters. The van der Waals surface area contributed by atoms with Crippen LogP contribution in [0.15, 0.2) is 18.2 Å². The van der Waals surface area contributed by atoms with Crippen LogP contribution in [0.1, 0.15) is 2.74 Å². The third-order valence-electron chi connectivity index (χ3n) is 1.23. The molecular formula is C7H6O3. The summed E-state index contributed by atoms with van der Waals surface area (Å²) >= 11 is 0. The number of hydrogen-bond donors (Lipinski definition) is 1. The minimum atomic E-state index is -2.11. The third-order valence-corrected chi connectivity index (χ3v) is 1.23. The van der Waals surface area contributed by atoms with Crippen molar-refractivity contribution >= 4 is 0 Å². The van der Waals surface area contributed by atoms with Crippen molar-refractivity contribution in [1.82, 2.24) is 0 Å². The van der Waals surface area contributed by atoms with E-state index in [0.717, 1.165) is 0 Å². The van der Waals surface area contributed by atoms with Crippen molar-refractivity contribution in [3.63, 3.8) is 0 Å². The van der Waals surface area contributed by atoms with Gasteiger partial charge in [-0.1, -0.05) is 0 Å². The van der Waals surface area contributed by atoms with Gasteiger partial charge in [-0.05, 0) is 12.1 Å². The topological polar surface area (TPSA) is 38.7 Å². The smallest absolute Gasteiger partial charge is 0.231 e. The Balaban J connectivity index is 2.43. The van der Waals surface area contributed by atoms with E-state index in [1.54, 1.807) is 0 Å². The summed E-state index contributed by atoms with van der Waals surface area (Å²) in [4.78, 5) is 0. The van der Waals surface area contributed by atoms with Crippen LogP contribution in [0.5, 0.6) is 17.2 Å². The molecule has 0 atom stereocenters. The number of benzene rings is 1. The van der Waals surface area contributed by atoms with Crippen LogP contribution in [0.4, 0.5) is 0 Å². The maximum Gasteiger partial charge on any atom is 0.231 e. The Morgan fingerprint density at radius 3 is 3.10 bits per heavy atom. The van der Waals surface area contributed by atoms with Crippen molar-refractivity contribution in [2.45, 2.75) is 0 Å². The molecule has 0 radical (unpaired) electrons. The zero-order valence-corrected chi connectivity index (χ0v) is 5.00. The lowest BCUT2D eigenvalue weighted by atomic mass is 10.3. The number of phenols is 1. The zero-order valence-electron chi connectivity index (χ0n) is 7.00. The van der Waals surface area contributed by atoms with E-state index in [4.69, 9.17) is 17.3 Å². The van der Waals surface area contributed by atoms with Gasteiger partial charge in [-0.15, -0.1) is 0 Å². The standard InChI is InChI=1S/C7H6O3/c8-5-1-2-6-7(3-5)10-4-9-6/h1-3,8H,4H2/i4D2. The molecule has 0 bridgehead atoms. The molecule has 0 saturated heterocycles. The first-order valence-corrected chi connectivity index (χ1v) is 2.78. The molecule has 2 rings (SSSR count). The SMILES string of the molecule is [2H]C1([2H])Oc2ccc(O)cc2O1. The van der Waals surface area contributed by atoms with Gasteiger partial charge < -0.3 is 14.6 Å². The average molecular weight is 140 g/mol. The zero-order chi connectivity index (χ0) is 8.77. The van der Waals surface area contributed by atoms with Crippen LogP contribution in [0.2, 0.25) is 0 Å². The van der Waals surface area contributed by atoms with Gasteiger partial charge in [0, 0.05) is 6.07 Å². The van der Waals surface area contributed by atoms with Crippen LogP contribution in [-0.4, -0.2) is 11.9 Å². The highest BCUT2D eigenvalue weighted by atomic mass is 16.7. The lowest BCUT2D eigenvalue weighted by Gasteiger charge is -1.93. The first-order valence-electron chi connectivity index (χ1n) is 3.78. The molecule has 0 amide bonds. The molecule has 1 aliphatic rings. The van der Waals surface area contributed by atoms with Gasteiger partial charge in [-0.25, -0.2) is 0 Å². The van der Waals surface area contributed by atoms with Crippen LogP contribution in [0.3, 0.4) is 0 Å². The minimum Gasteiger partial charge on any atom is -0.508 e. The highest BCUT2D eigenvalue weighted by molar-refractivity contribution is 5.46. The van der Waals surface area contributed by atoms with Gasteiger partial charge in [0.05, 0.1) is 0 Å². The largest absolute Gasteiger partial charge is 0.508 e. The minimum absolute atomic E-state index is 0.0232. The molecule has 1 N–H and O–H groups in total. The number of phenolic OH excluding ortho intramolecular Hbond substituents is 1. The lowest BCUT2D eigenvalue weighted by Crippen LogP contribution is -1.92. The average Bonchev–Trinajstić information content (AvgIpc) is 2.21. The Morgan fingerprint density at radius 1 is 1.40 bits per heavy atom. The fourth-order valence-corrected chi connectivity index (χ4v) is 0.771. The molecule has 0 fully saturated rings. The van der Waals surface area contributed by atoms with E-state index in [2.05, 4.69) is 0 Å². The van der Waals surface area contributed by atoms with Crippen LogP contribution < -0.4 is 9.47 Å². The third kappa shape index (κ3) is 0.673. The summed E-state index contributed by atoms with van der Waals surface area (Å²) in [5, 5.41) is 9.01. The molecule has 3 heteroatoms. The van der Waals surface area contributed by atoms with Crippen molar-refractivity contribution in [3.05, 3.63) is 18.2 Å². The van der Waals surface area contributed by atoms with Crippen molar-refractivity contribution in [2.75, 3.05) is 6.75 Å². The Labute approximate surface area is 60.6 Å². The fraction of sp³-hybridized carbons (Fsp3) is 0.143. The summed E-state index contributed by atoms with van der Waals surface area (Å²) in [5.41, 5.74) is 0. The lowest BCUT2D eigenvalue weighted by molar-refractivity contribution is 0.174. The van der Waals surface area contributed by atoms with Crippen molar-refractivity contribution in [2.24, 2.45) is 0 Å². The van der Waals surface area contributed by atoms with Crippen LogP contribution >= 0.6 is 0 Å². The molecule has 0 saturated carbocycles. The molecule has 1 aromatic rings. The first kappa shape index (κ1) is 3.71. The number of fused-ring (bicyclic) bond motifs is 1. The molecule has 0 aromatic heterocycles. The van der Waals surface area contributed by atoms with Gasteiger partial charge >= 0.3 is 0 Å². The van der Waals surface area contributed by atoms with Gasteiger partial charge in [0.2, 0.25) is 6.75 Å². The molecule has 1 heterocycles. The first-order chi connectivity index (χ1) is 5.57. The van der Waals surface area contributed by atoms with E-state index < -0.39 is 6.75 Å². The molecular weight excluding hydrogens is 132 g/mol. The normalized spacial score (nSPS) is 21.6. The van der Waals surface area contributed by atoms with E-state index in [1.165, 1.54) is 18.2 Å². The van der Waals surface area contributed by atoms with E-state index in [1.807, 2.05) is 0 Å². The number of hydrogen-bond acceptors (Lipinski definition) is 3. The molecule has 10 heavy (non-hydrogen) atoms. The summed E-state index contributed by atoms with van der Waals surface area (Å²) in [5.74, 6) is 0.549. The van der Waals surface area contributed by atoms with Crippen molar-refractivity contribution in [1.29, 1.82) is 0 Å². The van der Waals surface area contributed by atoms with Gasteiger partial charge in [0.15, 0.2) is 11.5 Å². The van der Waals surface area contributed by atoms with Crippen LogP contribution in [-0.2, 0) is 0 Å². The summed E-state index contributed by atoms with van der Waals surface area (Å²) in [6, 6.07) is 4.17. The summed E-state index contributed by atoms with van der Waals surface area (Å²) in [7, 11) is 0. The van der Waals surface area contributed by atoms with Crippen LogP contribution in [0.25, 0.3) is 0 Å². The van der Waals surface area contributed by atoms with E-state index in [9.17, 15) is 0 Å². The van der Waals surface area contributed by atoms with Gasteiger partial charge in [-0.2, -0.15) is 0 Å². The molecule has 0 spiro atoms. The van der Waals surface area contributed by atoms with E-state index >= 15 is 0 Å². The predicted molar refractivity (Wildman–Crippen MR) is 34.2 cm³/mol. The Bertz CT molecular complexity index is 324. The maximum atomic E-state index is 9.01. The second-order valence-electron chi connectivity index (χ2n) is 1.92. The quantitative estimate of drug-likeness (QED) is 0.586. The molecule has 1 aromatic carbocycles. The highest BCUT2D eigenvalue weighted by Crippen LogP contribution is 2.34. The number of aromatic hydroxyl groups is 1. The summed E-state index contributed by atoms with van der Waals surface area (Å²) in [6.07, 6.45) is 0. The Hall–Kier alpha value is -1.38. The number of rotatable bonds is 0. The monoisotopic (exact) mass is 140 g/mol. The van der Waals surface area contributed by atoms with Crippen molar-refractivity contribution < 1.29 is 17.3 Å². The Morgan fingerprint density at radius 2 is 2.20 bits per heavy atom. The van der Waals surface area contributed by atoms with E-state index in [-0.39, 0.29) is 11.5 Å². The molecule has 1 aliphatic heterocycles. The van der Waals surface area contributed by atoms with Crippen LogP contribution in [0, 0.1) is 0 Å². The van der Waals surface area contributed by atoms with Crippen molar-refractivity contribution in [3.8, 4) is 17.2 Å². The van der Waals surface area contributed by atoms with Gasteiger partial charge in [0.25, 0.3) is 0 Å². The summed E-state index contributed by atoms with van der Waals surface area (Å²) < 4.78 is 23.6. The fourth-order valence-electron chi connectivity index (χ4n) is 0.771. The molecule has 52 valence electrons. The van der Waals surface area contributed by atoms with Gasteiger partial charge in [-0.3, -0.25) is 0 Å². The number of ether oxygens (including phenoxy) is 2.